The minimum atomic E-state index is -0.459. The SMILES string of the molecule is CCO[C@@H]1OC(C(=O)N2CCN(Cc3ccccc3)CC2)=C[C@H](C(C)(C)C)[C@@H]1CCCO. The van der Waals surface area contributed by atoms with Crippen LogP contribution in [0.2, 0.25) is 0 Å². The highest BCUT2D eigenvalue weighted by Crippen LogP contribution is 2.43. The molecule has 0 unspecified atom stereocenters. The first-order valence-electron chi connectivity index (χ1n) is 12.0. The van der Waals surface area contributed by atoms with E-state index in [2.05, 4.69) is 49.9 Å². The molecule has 0 bridgehead atoms. The largest absolute Gasteiger partial charge is 0.459 e. The lowest BCUT2D eigenvalue weighted by Crippen LogP contribution is -2.50. The fraction of sp³-hybridized carbons (Fsp3) is 0.654. The van der Waals surface area contributed by atoms with Crippen LogP contribution >= 0.6 is 0 Å². The first-order chi connectivity index (χ1) is 15.3. The summed E-state index contributed by atoms with van der Waals surface area (Å²) in [7, 11) is 0. The van der Waals surface area contributed by atoms with Crippen LogP contribution in [0.1, 0.15) is 46.1 Å². The van der Waals surface area contributed by atoms with Gasteiger partial charge in [-0.25, -0.2) is 0 Å². The number of carbonyl (C=O) groups excluding carboxylic acids is 1. The standard InChI is InChI=1S/C26H40N2O4/c1-5-31-25-21(12-9-17-29)22(26(2,3)4)18-23(32-25)24(30)28-15-13-27(14-16-28)19-20-10-7-6-8-11-20/h6-8,10-11,18,21-22,25,29H,5,9,12-17,19H2,1-4H3/t21-,22-,25+/m0/s1. The minimum Gasteiger partial charge on any atom is -0.459 e. The van der Waals surface area contributed by atoms with Gasteiger partial charge in [0.2, 0.25) is 6.29 Å². The molecule has 2 aliphatic rings. The number of piperazine rings is 1. The molecule has 1 amide bonds. The number of allylic oxidation sites excluding steroid dienone is 1. The zero-order valence-electron chi connectivity index (χ0n) is 20.1. The molecule has 1 aromatic carbocycles. The van der Waals surface area contributed by atoms with Crippen molar-refractivity contribution in [3.63, 3.8) is 0 Å². The molecule has 0 aromatic heterocycles. The molecule has 1 aromatic rings. The number of aliphatic hydroxyl groups is 1. The molecule has 2 aliphatic heterocycles. The van der Waals surface area contributed by atoms with Gasteiger partial charge in [-0.05, 0) is 42.7 Å². The molecule has 0 spiro atoms. The molecule has 3 atom stereocenters. The Morgan fingerprint density at radius 2 is 1.84 bits per heavy atom. The maximum Gasteiger partial charge on any atom is 0.288 e. The highest BCUT2D eigenvalue weighted by Gasteiger charge is 2.42. The Morgan fingerprint density at radius 3 is 2.44 bits per heavy atom. The summed E-state index contributed by atoms with van der Waals surface area (Å²) in [4.78, 5) is 17.7. The van der Waals surface area contributed by atoms with Crippen molar-refractivity contribution in [3.05, 3.63) is 47.7 Å². The number of carbonyl (C=O) groups is 1. The molecule has 3 rings (SSSR count). The van der Waals surface area contributed by atoms with E-state index in [0.29, 0.717) is 31.9 Å². The van der Waals surface area contributed by atoms with Gasteiger partial charge in [-0.15, -0.1) is 0 Å². The number of aliphatic hydroxyl groups excluding tert-OH is 1. The number of hydrogen-bond acceptors (Lipinski definition) is 5. The molecule has 6 heteroatoms. The Balaban J connectivity index is 1.68. The van der Waals surface area contributed by atoms with Crippen LogP contribution in [0.15, 0.2) is 42.2 Å². The fourth-order valence-corrected chi connectivity index (χ4v) is 4.79. The van der Waals surface area contributed by atoms with E-state index in [4.69, 9.17) is 9.47 Å². The van der Waals surface area contributed by atoms with Gasteiger partial charge >= 0.3 is 0 Å². The molecule has 1 N–H and O–H groups in total. The smallest absolute Gasteiger partial charge is 0.288 e. The summed E-state index contributed by atoms with van der Waals surface area (Å²) in [6.45, 7) is 13.2. The van der Waals surface area contributed by atoms with Gasteiger partial charge in [-0.1, -0.05) is 51.1 Å². The molecule has 1 saturated heterocycles. The van der Waals surface area contributed by atoms with Crippen LogP contribution < -0.4 is 0 Å². The summed E-state index contributed by atoms with van der Waals surface area (Å²) in [5.41, 5.74) is 1.26. The Bertz CT molecular complexity index is 751. The monoisotopic (exact) mass is 444 g/mol. The van der Waals surface area contributed by atoms with Crippen LogP contribution in [0.3, 0.4) is 0 Å². The lowest BCUT2D eigenvalue weighted by atomic mass is 9.70. The predicted molar refractivity (Wildman–Crippen MR) is 126 cm³/mol. The molecule has 0 radical (unpaired) electrons. The van der Waals surface area contributed by atoms with Crippen LogP contribution in [-0.2, 0) is 20.8 Å². The third kappa shape index (κ3) is 6.33. The van der Waals surface area contributed by atoms with Gasteiger partial charge in [0.05, 0.1) is 0 Å². The average molecular weight is 445 g/mol. The first kappa shape index (κ1) is 24.7. The van der Waals surface area contributed by atoms with E-state index in [1.165, 1.54) is 5.56 Å². The molecule has 178 valence electrons. The predicted octanol–water partition coefficient (Wildman–Crippen LogP) is 3.66. The van der Waals surface area contributed by atoms with Gasteiger partial charge in [0.1, 0.15) is 0 Å². The second-order valence-corrected chi connectivity index (χ2v) is 9.95. The van der Waals surface area contributed by atoms with Crippen LogP contribution in [0.5, 0.6) is 0 Å². The Kier molecular flexibility index (Phi) is 8.74. The van der Waals surface area contributed by atoms with E-state index in [0.717, 1.165) is 26.1 Å². The molecular weight excluding hydrogens is 404 g/mol. The van der Waals surface area contributed by atoms with Crippen LogP contribution in [-0.4, -0.2) is 66.5 Å². The van der Waals surface area contributed by atoms with Crippen molar-refractivity contribution in [1.29, 1.82) is 0 Å². The highest BCUT2D eigenvalue weighted by molar-refractivity contribution is 5.91. The van der Waals surface area contributed by atoms with Crippen molar-refractivity contribution >= 4 is 5.91 Å². The summed E-state index contributed by atoms with van der Waals surface area (Å²) >= 11 is 0. The van der Waals surface area contributed by atoms with Gasteiger partial charge in [0.25, 0.3) is 5.91 Å². The van der Waals surface area contributed by atoms with Crippen LogP contribution in [0, 0.1) is 17.3 Å². The maximum atomic E-state index is 13.4. The third-order valence-corrected chi connectivity index (χ3v) is 6.53. The zero-order valence-corrected chi connectivity index (χ0v) is 20.1. The number of nitrogens with zero attached hydrogens (tertiary/aromatic N) is 2. The van der Waals surface area contributed by atoms with E-state index >= 15 is 0 Å². The quantitative estimate of drug-likeness (QED) is 0.663. The Morgan fingerprint density at radius 1 is 1.16 bits per heavy atom. The topological polar surface area (TPSA) is 62.2 Å². The second-order valence-electron chi connectivity index (χ2n) is 9.95. The molecule has 6 nitrogen and oxygen atoms in total. The summed E-state index contributed by atoms with van der Waals surface area (Å²) in [6.07, 6.45) is 3.07. The number of hydrogen-bond donors (Lipinski definition) is 1. The normalized spacial score (nSPS) is 24.7. The maximum absolute atomic E-state index is 13.4. The minimum absolute atomic E-state index is 0.0380. The zero-order chi connectivity index (χ0) is 23.1. The highest BCUT2D eigenvalue weighted by atomic mass is 16.7. The van der Waals surface area contributed by atoms with Crippen molar-refractivity contribution in [2.24, 2.45) is 17.3 Å². The third-order valence-electron chi connectivity index (χ3n) is 6.53. The van der Waals surface area contributed by atoms with E-state index in [9.17, 15) is 9.90 Å². The van der Waals surface area contributed by atoms with E-state index in [1.807, 2.05) is 24.0 Å². The summed E-state index contributed by atoms with van der Waals surface area (Å²) in [5.74, 6) is 0.628. The second kappa shape index (κ2) is 11.3. The van der Waals surface area contributed by atoms with Gasteiger partial charge < -0.3 is 19.5 Å². The summed E-state index contributed by atoms with van der Waals surface area (Å²) in [6, 6.07) is 10.5. The fourth-order valence-electron chi connectivity index (χ4n) is 4.79. The van der Waals surface area contributed by atoms with Gasteiger partial charge in [0, 0.05) is 51.9 Å². The molecule has 2 heterocycles. The Labute approximate surface area is 193 Å². The van der Waals surface area contributed by atoms with Gasteiger partial charge in [-0.2, -0.15) is 0 Å². The molecule has 32 heavy (non-hydrogen) atoms. The van der Waals surface area contributed by atoms with Gasteiger partial charge in [-0.3, -0.25) is 9.69 Å². The Hall–Kier alpha value is -1.89. The van der Waals surface area contributed by atoms with Crippen molar-refractivity contribution < 1.29 is 19.4 Å². The average Bonchev–Trinajstić information content (AvgIpc) is 2.78. The summed E-state index contributed by atoms with van der Waals surface area (Å²) < 4.78 is 12.1. The molecule has 0 aliphatic carbocycles. The van der Waals surface area contributed by atoms with Gasteiger partial charge in [0.15, 0.2) is 5.76 Å². The molecular formula is C26H40N2O4. The number of amides is 1. The summed E-state index contributed by atoms with van der Waals surface area (Å²) in [5, 5.41) is 9.37. The number of ether oxygens (including phenoxy) is 2. The molecule has 1 fully saturated rings. The van der Waals surface area contributed by atoms with Crippen LogP contribution in [0.4, 0.5) is 0 Å². The first-order valence-corrected chi connectivity index (χ1v) is 12.0. The number of rotatable bonds is 8. The van der Waals surface area contributed by atoms with Crippen molar-refractivity contribution in [1.82, 2.24) is 9.80 Å². The van der Waals surface area contributed by atoms with Crippen molar-refractivity contribution in [2.75, 3.05) is 39.4 Å². The lowest BCUT2D eigenvalue weighted by molar-refractivity contribution is -0.182. The molecule has 0 saturated carbocycles. The van der Waals surface area contributed by atoms with E-state index in [-0.39, 0.29) is 29.8 Å². The van der Waals surface area contributed by atoms with E-state index in [1.54, 1.807) is 0 Å². The van der Waals surface area contributed by atoms with Crippen LogP contribution in [0.25, 0.3) is 0 Å². The van der Waals surface area contributed by atoms with Crippen molar-refractivity contribution in [3.8, 4) is 0 Å². The lowest BCUT2D eigenvalue weighted by Gasteiger charge is -2.43. The number of benzene rings is 1. The van der Waals surface area contributed by atoms with E-state index < -0.39 is 6.29 Å². The van der Waals surface area contributed by atoms with Crippen molar-refractivity contribution in [2.45, 2.75) is 53.4 Å².